The van der Waals surface area contributed by atoms with E-state index in [1.807, 2.05) is 0 Å². The van der Waals surface area contributed by atoms with Gasteiger partial charge in [-0.1, -0.05) is 84.3 Å². The molecule has 12 heteroatoms. The molecule has 0 unspecified atom stereocenters. The lowest BCUT2D eigenvalue weighted by atomic mass is 9.94. The van der Waals surface area contributed by atoms with E-state index in [1.54, 1.807) is 84.9 Å². The topological polar surface area (TPSA) is 52.4 Å². The Kier molecular flexibility index (Phi) is 9.44. The number of nitrogens with zero attached hydrogens (tertiary/aromatic N) is 1. The van der Waals surface area contributed by atoms with E-state index in [0.717, 1.165) is 22.7 Å². The summed E-state index contributed by atoms with van der Waals surface area (Å²) in [5, 5.41) is 11.1. The van der Waals surface area contributed by atoms with Gasteiger partial charge in [0.2, 0.25) is 0 Å². The van der Waals surface area contributed by atoms with E-state index in [4.69, 9.17) is 4.74 Å². The van der Waals surface area contributed by atoms with E-state index >= 15 is 26.3 Å². The largest absolute Gasteiger partial charge is 0.497 e. The van der Waals surface area contributed by atoms with E-state index in [1.165, 1.54) is 43.5 Å². The highest BCUT2D eigenvalue weighted by molar-refractivity contribution is 7.16. The Morgan fingerprint density at radius 1 is 0.593 bits per heavy atom. The standard InChI is InChI=1S/C42H23F6NO3S2/c1-52-31-20-14-27(15-21-31)17-23-35-33(25-37(54-35)29-10-6-3-7-11-29)39-38(40(43,44)42(47,48)41(39,45)46)32-24-36(28-8-4-2-5-9-28)53-34(32)22-16-26-12-18-30(19-13-26)49(50)51/h2-15,18-21,24-25H,1H3. The molecule has 0 saturated carbocycles. The van der Waals surface area contributed by atoms with Crippen molar-refractivity contribution >= 4 is 39.5 Å². The maximum Gasteiger partial charge on any atom is 0.380 e. The van der Waals surface area contributed by atoms with Crippen molar-refractivity contribution in [3.8, 4) is 50.3 Å². The molecule has 0 spiro atoms. The summed E-state index contributed by atoms with van der Waals surface area (Å²) in [6.45, 7) is 0. The first kappa shape index (κ1) is 36.3. The molecule has 54 heavy (non-hydrogen) atoms. The zero-order chi connectivity index (χ0) is 38.3. The number of halogens is 6. The fourth-order valence-corrected chi connectivity index (χ4v) is 7.91. The molecule has 2 heterocycles. The molecular weight excluding hydrogens is 745 g/mol. The van der Waals surface area contributed by atoms with Crippen molar-refractivity contribution in [2.45, 2.75) is 17.8 Å². The molecule has 2 aromatic heterocycles. The fourth-order valence-electron chi connectivity index (χ4n) is 5.86. The summed E-state index contributed by atoms with van der Waals surface area (Å²) >= 11 is 1.78. The number of nitro benzene ring substituents is 1. The Labute approximate surface area is 313 Å². The number of hydrogen-bond donors (Lipinski definition) is 0. The average Bonchev–Trinajstić information content (AvgIpc) is 3.82. The van der Waals surface area contributed by atoms with Gasteiger partial charge in [0.05, 0.1) is 21.8 Å². The van der Waals surface area contributed by atoms with Crippen LogP contribution in [0.4, 0.5) is 32.0 Å². The van der Waals surface area contributed by atoms with Crippen LogP contribution in [-0.2, 0) is 0 Å². The smallest absolute Gasteiger partial charge is 0.380 e. The van der Waals surface area contributed by atoms with Gasteiger partial charge in [-0.2, -0.15) is 26.3 Å². The van der Waals surface area contributed by atoms with Crippen LogP contribution in [0.25, 0.3) is 32.0 Å². The highest BCUT2D eigenvalue weighted by Gasteiger charge is 2.80. The summed E-state index contributed by atoms with van der Waals surface area (Å²) in [5.74, 6) is -4.92. The van der Waals surface area contributed by atoms with Gasteiger partial charge in [0.1, 0.15) is 5.75 Å². The summed E-state index contributed by atoms with van der Waals surface area (Å²) in [5.41, 5.74) is -2.74. The molecule has 0 atom stereocenters. The van der Waals surface area contributed by atoms with Gasteiger partial charge in [0, 0.05) is 55.3 Å². The third-order valence-corrected chi connectivity index (χ3v) is 10.8. The summed E-state index contributed by atoms with van der Waals surface area (Å²) < 4.78 is 102. The Morgan fingerprint density at radius 2 is 1.00 bits per heavy atom. The van der Waals surface area contributed by atoms with Gasteiger partial charge in [0.25, 0.3) is 5.69 Å². The van der Waals surface area contributed by atoms with Gasteiger partial charge in [-0.05, 0) is 59.7 Å². The molecule has 0 amide bonds. The monoisotopic (exact) mass is 767 g/mol. The number of non-ortho nitro benzene ring substituents is 1. The van der Waals surface area contributed by atoms with Crippen LogP contribution in [0.5, 0.6) is 5.75 Å². The van der Waals surface area contributed by atoms with E-state index in [0.29, 0.717) is 32.2 Å². The Bertz CT molecular complexity index is 2540. The molecule has 0 N–H and O–H groups in total. The molecule has 0 bridgehead atoms. The van der Waals surface area contributed by atoms with Crippen LogP contribution in [0.3, 0.4) is 0 Å². The van der Waals surface area contributed by atoms with Gasteiger partial charge < -0.3 is 4.74 Å². The highest BCUT2D eigenvalue weighted by Crippen LogP contribution is 2.66. The molecule has 0 saturated heterocycles. The lowest BCUT2D eigenvalue weighted by molar-refractivity contribution is -0.384. The fraction of sp³-hybridized carbons (Fsp3) is 0.0952. The normalized spacial score (nSPS) is 15.2. The Hall–Kier alpha value is -6.08. The number of thiophene rings is 2. The zero-order valence-electron chi connectivity index (χ0n) is 27.8. The number of allylic oxidation sites excluding steroid dienone is 2. The van der Waals surface area contributed by atoms with Crippen LogP contribution in [0, 0.1) is 33.8 Å². The van der Waals surface area contributed by atoms with Crippen LogP contribution in [0.15, 0.2) is 121 Å². The number of methoxy groups -OCH3 is 1. The third-order valence-electron chi connectivity index (χ3n) is 8.59. The number of nitro groups is 1. The van der Waals surface area contributed by atoms with Crippen molar-refractivity contribution in [1.82, 2.24) is 0 Å². The average molecular weight is 768 g/mol. The van der Waals surface area contributed by atoms with Gasteiger partial charge in [0.15, 0.2) is 0 Å². The molecular formula is C42H23F6NO3S2. The Balaban J connectivity index is 1.50. The molecule has 268 valence electrons. The lowest BCUT2D eigenvalue weighted by Gasteiger charge is -2.25. The minimum absolute atomic E-state index is 0.123. The second-order valence-corrected chi connectivity index (χ2v) is 14.0. The number of rotatable bonds is 6. The maximum absolute atomic E-state index is 16.3. The van der Waals surface area contributed by atoms with Crippen molar-refractivity contribution in [1.29, 1.82) is 0 Å². The predicted octanol–water partition coefficient (Wildman–Crippen LogP) is 11.7. The maximum atomic E-state index is 16.3. The minimum atomic E-state index is -5.84. The van der Waals surface area contributed by atoms with E-state index < -0.39 is 45.0 Å². The van der Waals surface area contributed by atoms with Gasteiger partial charge in [-0.3, -0.25) is 10.1 Å². The van der Waals surface area contributed by atoms with Gasteiger partial charge in [-0.25, -0.2) is 0 Å². The quantitative estimate of drug-likeness (QED) is 0.0734. The summed E-state index contributed by atoms with van der Waals surface area (Å²) in [7, 11) is 1.48. The third kappa shape index (κ3) is 6.44. The van der Waals surface area contributed by atoms with Crippen LogP contribution < -0.4 is 4.74 Å². The minimum Gasteiger partial charge on any atom is -0.497 e. The molecule has 4 nitrogen and oxygen atoms in total. The molecule has 0 aliphatic heterocycles. The highest BCUT2D eigenvalue weighted by atomic mass is 32.1. The second kappa shape index (κ2) is 14.0. The van der Waals surface area contributed by atoms with Crippen molar-refractivity contribution in [2.24, 2.45) is 0 Å². The molecule has 0 fully saturated rings. The van der Waals surface area contributed by atoms with Crippen molar-refractivity contribution < 1.29 is 36.0 Å². The number of ether oxygens (including phenoxy) is 1. The van der Waals surface area contributed by atoms with Crippen LogP contribution in [0.1, 0.15) is 32.0 Å². The van der Waals surface area contributed by atoms with Crippen molar-refractivity contribution in [3.63, 3.8) is 0 Å². The molecule has 1 aliphatic rings. The van der Waals surface area contributed by atoms with Crippen LogP contribution in [0.2, 0.25) is 0 Å². The van der Waals surface area contributed by atoms with Crippen molar-refractivity contribution in [2.75, 3.05) is 7.11 Å². The summed E-state index contributed by atoms with van der Waals surface area (Å²) in [6, 6.07) is 30.8. The zero-order valence-corrected chi connectivity index (χ0v) is 29.4. The number of hydrogen-bond acceptors (Lipinski definition) is 5. The predicted molar refractivity (Wildman–Crippen MR) is 199 cm³/mol. The molecule has 0 radical (unpaired) electrons. The molecule has 4 aromatic carbocycles. The second-order valence-electron chi connectivity index (χ2n) is 11.9. The van der Waals surface area contributed by atoms with Gasteiger partial charge >= 0.3 is 17.8 Å². The van der Waals surface area contributed by atoms with E-state index in [-0.39, 0.29) is 21.0 Å². The molecule has 1 aliphatic carbocycles. The van der Waals surface area contributed by atoms with Gasteiger partial charge in [-0.15, -0.1) is 22.7 Å². The summed E-state index contributed by atoms with van der Waals surface area (Å²) in [6.07, 6.45) is 0. The van der Waals surface area contributed by atoms with Crippen LogP contribution in [-0.4, -0.2) is 29.8 Å². The van der Waals surface area contributed by atoms with E-state index in [9.17, 15) is 10.1 Å². The SMILES string of the molecule is COc1ccc(C#Cc2sc(-c3ccccc3)cc2C2=C(c3cc(-c4ccccc4)sc3C#Cc3ccc([N+](=O)[O-])cc3)C(F)(F)C(F)(F)C2(F)F)cc1. The van der Waals surface area contributed by atoms with Crippen LogP contribution >= 0.6 is 22.7 Å². The molecule has 6 aromatic rings. The van der Waals surface area contributed by atoms with Crippen molar-refractivity contribution in [3.05, 3.63) is 163 Å². The first-order chi connectivity index (χ1) is 25.8. The van der Waals surface area contributed by atoms with E-state index in [2.05, 4.69) is 23.7 Å². The summed E-state index contributed by atoms with van der Waals surface area (Å²) in [4.78, 5) is 10.9. The number of benzene rings is 4. The molecule has 7 rings (SSSR count). The lowest BCUT2D eigenvalue weighted by Crippen LogP contribution is -2.48. The number of alkyl halides is 6. The first-order valence-electron chi connectivity index (χ1n) is 16.0. The first-order valence-corrected chi connectivity index (χ1v) is 17.7. The Morgan fingerprint density at radius 3 is 1.39 bits per heavy atom.